The van der Waals surface area contributed by atoms with E-state index in [1.807, 2.05) is 24.4 Å². The highest BCUT2D eigenvalue weighted by atomic mass is 35.5. The molecule has 4 nitrogen and oxygen atoms in total. The Morgan fingerprint density at radius 3 is 2.32 bits per heavy atom. The number of benzene rings is 1. The fourth-order valence-corrected chi connectivity index (χ4v) is 3.90. The second-order valence-electron chi connectivity index (χ2n) is 5.00. The number of rotatable bonds is 3. The summed E-state index contributed by atoms with van der Waals surface area (Å²) in [6, 6.07) is 5.64. The topological polar surface area (TPSA) is 45.4 Å². The number of hydrogen-bond acceptors (Lipinski definition) is 5. The number of piperazine rings is 1. The maximum atomic E-state index is 6.27. The summed E-state index contributed by atoms with van der Waals surface area (Å²) in [4.78, 5) is 9.95. The Balaban J connectivity index is 0.00000176. The van der Waals surface area contributed by atoms with Gasteiger partial charge in [-0.25, -0.2) is 4.98 Å². The van der Waals surface area contributed by atoms with Crippen molar-refractivity contribution in [2.75, 3.05) is 36.8 Å². The summed E-state index contributed by atoms with van der Waals surface area (Å²) >= 11 is 14.1. The van der Waals surface area contributed by atoms with E-state index in [0.717, 1.165) is 38.4 Å². The minimum atomic E-state index is 0. The molecule has 1 aliphatic heterocycles. The normalized spacial score (nSPS) is 15.6. The molecule has 1 fully saturated rings. The molecule has 0 aliphatic carbocycles. The van der Waals surface area contributed by atoms with E-state index in [9.17, 15) is 0 Å². The second-order valence-corrected chi connectivity index (χ2v) is 6.96. The maximum absolute atomic E-state index is 6.27. The number of nitrogen functional groups attached to an aromatic ring is 1. The van der Waals surface area contributed by atoms with Gasteiger partial charge in [0.1, 0.15) is 0 Å². The molecule has 2 aromatic rings. The Bertz CT molecular complexity index is 606. The molecular formula is C14H17Cl3N4S. The van der Waals surface area contributed by atoms with E-state index in [-0.39, 0.29) is 12.4 Å². The van der Waals surface area contributed by atoms with Crippen LogP contribution < -0.4 is 10.6 Å². The van der Waals surface area contributed by atoms with Crippen LogP contribution in [0.15, 0.2) is 24.4 Å². The summed E-state index contributed by atoms with van der Waals surface area (Å²) < 4.78 is 0. The molecule has 0 atom stereocenters. The molecular weight excluding hydrogens is 363 g/mol. The van der Waals surface area contributed by atoms with E-state index >= 15 is 0 Å². The Kier molecular flexibility index (Phi) is 6.17. The minimum absolute atomic E-state index is 0. The smallest absolute Gasteiger partial charge is 0.180 e. The van der Waals surface area contributed by atoms with Crippen molar-refractivity contribution in [3.8, 4) is 0 Å². The number of anilines is 2. The van der Waals surface area contributed by atoms with Crippen molar-refractivity contribution in [1.82, 2.24) is 9.88 Å². The van der Waals surface area contributed by atoms with Gasteiger partial charge in [-0.3, -0.25) is 4.90 Å². The molecule has 1 saturated heterocycles. The lowest BCUT2D eigenvalue weighted by Gasteiger charge is -2.36. The highest BCUT2D eigenvalue weighted by molar-refractivity contribution is 7.15. The van der Waals surface area contributed by atoms with E-state index in [4.69, 9.17) is 28.9 Å². The second kappa shape index (κ2) is 7.70. The van der Waals surface area contributed by atoms with Crippen LogP contribution in [0, 0.1) is 0 Å². The lowest BCUT2D eigenvalue weighted by molar-refractivity contribution is 0.252. The molecule has 1 aromatic heterocycles. The highest BCUT2D eigenvalue weighted by Gasteiger charge is 2.21. The first kappa shape index (κ1) is 17.6. The summed E-state index contributed by atoms with van der Waals surface area (Å²) in [5, 5.41) is 2.06. The quantitative estimate of drug-likeness (QED) is 0.881. The van der Waals surface area contributed by atoms with Gasteiger partial charge in [0.2, 0.25) is 0 Å². The number of hydrogen-bond donors (Lipinski definition) is 1. The van der Waals surface area contributed by atoms with E-state index in [2.05, 4.69) is 14.8 Å². The average molecular weight is 380 g/mol. The Morgan fingerprint density at radius 1 is 1.14 bits per heavy atom. The third-order valence-electron chi connectivity index (χ3n) is 3.58. The summed E-state index contributed by atoms with van der Waals surface area (Å²) in [7, 11) is 0. The molecule has 3 rings (SSSR count). The summed E-state index contributed by atoms with van der Waals surface area (Å²) in [6.45, 7) is 4.67. The SMILES string of the molecule is Cl.Nc1ncc(CN2CCN(c3c(Cl)cccc3Cl)CC2)s1. The molecule has 0 spiro atoms. The molecule has 8 heteroatoms. The first-order chi connectivity index (χ1) is 10.1. The van der Waals surface area contributed by atoms with Gasteiger partial charge in [0.25, 0.3) is 0 Å². The van der Waals surface area contributed by atoms with Crippen molar-refractivity contribution in [3.63, 3.8) is 0 Å². The van der Waals surface area contributed by atoms with Crippen LogP contribution in [0.2, 0.25) is 10.0 Å². The third-order valence-corrected chi connectivity index (χ3v) is 5.00. The van der Waals surface area contributed by atoms with Gasteiger partial charge in [-0.15, -0.1) is 23.7 Å². The van der Waals surface area contributed by atoms with Crippen LogP contribution in [0.25, 0.3) is 0 Å². The average Bonchev–Trinajstić information content (AvgIpc) is 2.86. The van der Waals surface area contributed by atoms with Gasteiger partial charge < -0.3 is 10.6 Å². The minimum Gasteiger partial charge on any atom is -0.375 e. The van der Waals surface area contributed by atoms with Gasteiger partial charge in [0.15, 0.2) is 5.13 Å². The van der Waals surface area contributed by atoms with Crippen molar-refractivity contribution >= 4 is 57.8 Å². The molecule has 2 N–H and O–H groups in total. The first-order valence-electron chi connectivity index (χ1n) is 6.75. The number of para-hydroxylation sites is 1. The van der Waals surface area contributed by atoms with Crippen molar-refractivity contribution in [1.29, 1.82) is 0 Å². The van der Waals surface area contributed by atoms with Gasteiger partial charge in [0.05, 0.1) is 15.7 Å². The van der Waals surface area contributed by atoms with Gasteiger partial charge in [0, 0.05) is 43.8 Å². The standard InChI is InChI=1S/C14H16Cl2N4S.ClH/c15-11-2-1-3-12(16)13(11)20-6-4-19(5-7-20)9-10-8-18-14(17)21-10;/h1-3,8H,4-7,9H2,(H2,17,18);1H. The molecule has 1 aliphatic rings. The highest BCUT2D eigenvalue weighted by Crippen LogP contribution is 2.34. The van der Waals surface area contributed by atoms with Crippen LogP contribution in [0.1, 0.15) is 4.88 Å². The molecule has 22 heavy (non-hydrogen) atoms. The third kappa shape index (κ3) is 3.97. The molecule has 120 valence electrons. The predicted octanol–water partition coefficient (Wildman–Crippen LogP) is 3.78. The maximum Gasteiger partial charge on any atom is 0.180 e. The number of halogens is 3. The molecule has 0 unspecified atom stereocenters. The monoisotopic (exact) mass is 378 g/mol. The van der Waals surface area contributed by atoms with Crippen LogP contribution in [0.4, 0.5) is 10.8 Å². The van der Waals surface area contributed by atoms with E-state index in [0.29, 0.717) is 15.2 Å². The van der Waals surface area contributed by atoms with Crippen LogP contribution in [0.3, 0.4) is 0 Å². The number of nitrogens with zero attached hydrogens (tertiary/aromatic N) is 3. The summed E-state index contributed by atoms with van der Waals surface area (Å²) in [6.07, 6.45) is 1.86. The number of aromatic nitrogens is 1. The zero-order valence-corrected chi connectivity index (χ0v) is 15.0. The molecule has 0 amide bonds. The first-order valence-corrected chi connectivity index (χ1v) is 8.32. The van der Waals surface area contributed by atoms with Crippen LogP contribution >= 0.6 is 46.9 Å². The van der Waals surface area contributed by atoms with Gasteiger partial charge in [-0.1, -0.05) is 29.3 Å². The predicted molar refractivity (Wildman–Crippen MR) is 97.7 cm³/mol. The molecule has 0 radical (unpaired) electrons. The molecule has 2 heterocycles. The fraction of sp³-hybridized carbons (Fsp3) is 0.357. The van der Waals surface area contributed by atoms with Crippen molar-refractivity contribution < 1.29 is 0 Å². The van der Waals surface area contributed by atoms with E-state index in [1.165, 1.54) is 4.88 Å². The largest absolute Gasteiger partial charge is 0.375 e. The fourth-order valence-electron chi connectivity index (χ4n) is 2.54. The summed E-state index contributed by atoms with van der Waals surface area (Å²) in [5.74, 6) is 0. The van der Waals surface area contributed by atoms with E-state index < -0.39 is 0 Å². The van der Waals surface area contributed by atoms with Crippen molar-refractivity contribution in [2.24, 2.45) is 0 Å². The van der Waals surface area contributed by atoms with Crippen LogP contribution in [-0.4, -0.2) is 36.1 Å². The zero-order chi connectivity index (χ0) is 14.8. The van der Waals surface area contributed by atoms with Crippen LogP contribution in [0.5, 0.6) is 0 Å². The number of thiazole rings is 1. The summed E-state index contributed by atoms with van der Waals surface area (Å²) in [5.41, 5.74) is 6.61. The Hall–Kier alpha value is -0.720. The lowest BCUT2D eigenvalue weighted by atomic mass is 10.2. The lowest BCUT2D eigenvalue weighted by Crippen LogP contribution is -2.46. The van der Waals surface area contributed by atoms with Crippen molar-refractivity contribution in [2.45, 2.75) is 6.54 Å². The van der Waals surface area contributed by atoms with Crippen molar-refractivity contribution in [3.05, 3.63) is 39.3 Å². The zero-order valence-electron chi connectivity index (χ0n) is 11.8. The number of nitrogens with two attached hydrogens (primary N) is 1. The van der Waals surface area contributed by atoms with Crippen LogP contribution in [-0.2, 0) is 6.54 Å². The molecule has 0 bridgehead atoms. The van der Waals surface area contributed by atoms with E-state index in [1.54, 1.807) is 11.3 Å². The molecule has 0 saturated carbocycles. The Labute approximate surface area is 150 Å². The Morgan fingerprint density at radius 2 is 1.77 bits per heavy atom. The van der Waals surface area contributed by atoms with Gasteiger partial charge >= 0.3 is 0 Å². The van der Waals surface area contributed by atoms with Gasteiger partial charge in [-0.05, 0) is 12.1 Å². The molecule has 1 aromatic carbocycles. The van der Waals surface area contributed by atoms with Gasteiger partial charge in [-0.2, -0.15) is 0 Å².